The van der Waals surface area contributed by atoms with Crippen molar-refractivity contribution >= 4 is 84.8 Å². The molecule has 12 aromatic rings. The van der Waals surface area contributed by atoms with E-state index in [1.165, 1.54) is 62.2 Å². The van der Waals surface area contributed by atoms with E-state index in [0.29, 0.717) is 0 Å². The van der Waals surface area contributed by atoms with Crippen LogP contribution in [0.4, 0.5) is 0 Å². The molecule has 0 aliphatic rings. The van der Waals surface area contributed by atoms with Gasteiger partial charge in [0.1, 0.15) is 0 Å². The number of hydrogen-bond acceptors (Lipinski definition) is 4. The first-order chi connectivity index (χ1) is 27.8. The summed E-state index contributed by atoms with van der Waals surface area (Å²) >= 11 is 3.63. The first-order valence-corrected chi connectivity index (χ1v) is 20.4. The van der Waals surface area contributed by atoms with Gasteiger partial charge in [0, 0.05) is 65.2 Å². The minimum absolute atomic E-state index is 0.937. The molecule has 0 amide bonds. The van der Waals surface area contributed by atoms with Gasteiger partial charge in [0.2, 0.25) is 0 Å². The van der Waals surface area contributed by atoms with Crippen molar-refractivity contribution in [2.24, 2.45) is 0 Å². The van der Waals surface area contributed by atoms with Gasteiger partial charge >= 0.3 is 0 Å². The maximum absolute atomic E-state index is 5.23. The smallest absolute Gasteiger partial charge is 0.155 e. The molecule has 0 saturated carbocycles. The molecule has 0 aliphatic carbocycles. The standard InChI is InChI=1S/C50H30N4S2/c1-3-15-31(16-4-1)45-43(37-21-7-11-23-39(37)53(45)49-47-35(27-29-51-49)33-19-9-13-25-41(33)55-47)44-38-22-8-12-24-40(38)54(46(44)32-17-5-2-6-18-32)50-48-36(28-30-52-50)34-20-10-14-26-42(34)56-48/h1-30H. The number of thiophene rings is 2. The molecule has 0 aliphatic heterocycles. The summed E-state index contributed by atoms with van der Waals surface area (Å²) in [5.41, 5.74) is 9.03. The van der Waals surface area contributed by atoms with Crippen molar-refractivity contribution in [1.29, 1.82) is 0 Å². The van der Waals surface area contributed by atoms with Crippen LogP contribution in [0, 0.1) is 0 Å². The van der Waals surface area contributed by atoms with Crippen LogP contribution in [0.1, 0.15) is 0 Å². The van der Waals surface area contributed by atoms with E-state index in [-0.39, 0.29) is 0 Å². The lowest BCUT2D eigenvalue weighted by Gasteiger charge is -2.16. The molecule has 4 nitrogen and oxygen atoms in total. The second-order valence-electron chi connectivity index (χ2n) is 14.1. The van der Waals surface area contributed by atoms with E-state index in [2.05, 4.69) is 179 Å². The number of para-hydroxylation sites is 2. The number of hydrogen-bond donors (Lipinski definition) is 0. The third kappa shape index (κ3) is 4.51. The van der Waals surface area contributed by atoms with E-state index >= 15 is 0 Å². The van der Waals surface area contributed by atoms with Gasteiger partial charge in [-0.15, -0.1) is 22.7 Å². The van der Waals surface area contributed by atoms with Gasteiger partial charge in [0.15, 0.2) is 11.6 Å². The predicted molar refractivity (Wildman–Crippen MR) is 238 cm³/mol. The first-order valence-electron chi connectivity index (χ1n) is 18.7. The van der Waals surface area contributed by atoms with Gasteiger partial charge in [0.25, 0.3) is 0 Å². The quantitative estimate of drug-likeness (QED) is 0.176. The zero-order valence-corrected chi connectivity index (χ0v) is 31.6. The molecule has 262 valence electrons. The molecule has 6 aromatic carbocycles. The summed E-state index contributed by atoms with van der Waals surface area (Å²) < 4.78 is 9.70. The van der Waals surface area contributed by atoms with Crippen LogP contribution in [0.25, 0.3) is 107 Å². The third-order valence-corrected chi connectivity index (χ3v) is 13.4. The Morgan fingerprint density at radius 2 is 0.714 bits per heavy atom. The van der Waals surface area contributed by atoms with Gasteiger partial charge < -0.3 is 0 Å². The fraction of sp³-hybridized carbons (Fsp3) is 0. The maximum Gasteiger partial charge on any atom is 0.155 e. The largest absolute Gasteiger partial charge is 0.292 e. The van der Waals surface area contributed by atoms with Crippen LogP contribution in [-0.2, 0) is 0 Å². The molecule has 6 aromatic heterocycles. The highest BCUT2D eigenvalue weighted by Gasteiger charge is 2.30. The summed E-state index contributed by atoms with van der Waals surface area (Å²) in [5, 5.41) is 7.28. The van der Waals surface area contributed by atoms with Crippen LogP contribution in [0.2, 0.25) is 0 Å². The van der Waals surface area contributed by atoms with E-state index in [0.717, 1.165) is 45.2 Å². The zero-order valence-electron chi connectivity index (χ0n) is 29.9. The average molecular weight is 751 g/mol. The van der Waals surface area contributed by atoms with Gasteiger partial charge in [0.05, 0.1) is 31.8 Å². The van der Waals surface area contributed by atoms with Gasteiger partial charge in [-0.05, 0) is 47.5 Å². The van der Waals surface area contributed by atoms with Crippen LogP contribution >= 0.6 is 22.7 Å². The SMILES string of the molecule is c1ccc(-c2c(-c3c(-c4ccccc4)n(-c4nccc5c4sc4ccccc45)c4ccccc34)c3ccccc3n2-c2nccc3c2sc2ccccc23)cc1. The molecule has 0 fully saturated rings. The molecular formula is C50H30N4S2. The Balaban J connectivity index is 1.28. The number of nitrogens with zero attached hydrogens (tertiary/aromatic N) is 4. The highest BCUT2D eigenvalue weighted by molar-refractivity contribution is 7.26. The minimum atomic E-state index is 0.937. The van der Waals surface area contributed by atoms with Crippen LogP contribution in [0.15, 0.2) is 182 Å². The monoisotopic (exact) mass is 750 g/mol. The van der Waals surface area contributed by atoms with Crippen molar-refractivity contribution in [1.82, 2.24) is 19.1 Å². The Labute approximate surface area is 329 Å². The Morgan fingerprint density at radius 3 is 1.16 bits per heavy atom. The minimum Gasteiger partial charge on any atom is -0.292 e. The number of benzene rings is 6. The van der Waals surface area contributed by atoms with Crippen molar-refractivity contribution in [3.8, 4) is 45.3 Å². The molecule has 0 unspecified atom stereocenters. The van der Waals surface area contributed by atoms with Gasteiger partial charge in [-0.25, -0.2) is 9.97 Å². The molecular weight excluding hydrogens is 721 g/mol. The molecule has 12 rings (SSSR count). The first kappa shape index (κ1) is 31.5. The zero-order chi connectivity index (χ0) is 36.7. The maximum atomic E-state index is 5.23. The molecule has 0 spiro atoms. The van der Waals surface area contributed by atoms with Gasteiger partial charge in [-0.3, -0.25) is 9.13 Å². The van der Waals surface area contributed by atoms with E-state index in [1.54, 1.807) is 0 Å². The van der Waals surface area contributed by atoms with Crippen molar-refractivity contribution in [3.05, 3.63) is 182 Å². The topological polar surface area (TPSA) is 35.6 Å². The highest BCUT2D eigenvalue weighted by atomic mass is 32.1. The third-order valence-electron chi connectivity index (χ3n) is 11.1. The Morgan fingerprint density at radius 1 is 0.339 bits per heavy atom. The number of fused-ring (bicyclic) bond motifs is 8. The lowest BCUT2D eigenvalue weighted by atomic mass is 9.93. The molecule has 0 N–H and O–H groups in total. The lowest BCUT2D eigenvalue weighted by molar-refractivity contribution is 1.07. The highest BCUT2D eigenvalue weighted by Crippen LogP contribution is 2.52. The summed E-state index contributed by atoms with van der Waals surface area (Å²) in [4.78, 5) is 10.5. The fourth-order valence-corrected chi connectivity index (χ4v) is 11.1. The van der Waals surface area contributed by atoms with Crippen molar-refractivity contribution in [2.45, 2.75) is 0 Å². The molecule has 0 radical (unpaired) electrons. The second-order valence-corrected chi connectivity index (χ2v) is 16.2. The fourth-order valence-electron chi connectivity index (χ4n) is 8.76. The van der Waals surface area contributed by atoms with Crippen molar-refractivity contribution in [3.63, 3.8) is 0 Å². The second kappa shape index (κ2) is 12.3. The number of rotatable bonds is 5. The van der Waals surface area contributed by atoms with E-state index < -0.39 is 0 Å². The molecule has 0 atom stereocenters. The van der Waals surface area contributed by atoms with Crippen LogP contribution in [-0.4, -0.2) is 19.1 Å². The summed E-state index contributed by atoms with van der Waals surface area (Å²) in [6.45, 7) is 0. The lowest BCUT2D eigenvalue weighted by Crippen LogP contribution is -2.01. The molecule has 0 saturated heterocycles. The molecule has 56 heavy (non-hydrogen) atoms. The van der Waals surface area contributed by atoms with Gasteiger partial charge in [-0.2, -0.15) is 0 Å². The summed E-state index contributed by atoms with van der Waals surface area (Å²) in [7, 11) is 0. The molecule has 0 bridgehead atoms. The summed E-state index contributed by atoms with van der Waals surface area (Å²) in [6, 6.07) is 61.1. The van der Waals surface area contributed by atoms with E-state index in [4.69, 9.17) is 9.97 Å². The summed E-state index contributed by atoms with van der Waals surface area (Å²) in [6.07, 6.45) is 3.94. The Kier molecular flexibility index (Phi) is 6.93. The van der Waals surface area contributed by atoms with Gasteiger partial charge in [-0.1, -0.05) is 133 Å². The molecule has 6 heteroatoms. The Bertz CT molecular complexity index is 3250. The van der Waals surface area contributed by atoms with Crippen molar-refractivity contribution in [2.75, 3.05) is 0 Å². The van der Waals surface area contributed by atoms with Crippen LogP contribution < -0.4 is 0 Å². The average Bonchev–Trinajstić information content (AvgIpc) is 4.02. The van der Waals surface area contributed by atoms with Crippen molar-refractivity contribution < 1.29 is 0 Å². The van der Waals surface area contributed by atoms with E-state index in [9.17, 15) is 0 Å². The predicted octanol–water partition coefficient (Wildman–Crippen LogP) is 14.1. The van der Waals surface area contributed by atoms with Crippen LogP contribution in [0.3, 0.4) is 0 Å². The number of aromatic nitrogens is 4. The molecule has 6 heterocycles. The number of pyridine rings is 2. The normalized spacial score (nSPS) is 11.9. The van der Waals surface area contributed by atoms with E-state index in [1.807, 2.05) is 35.1 Å². The Hall–Kier alpha value is -6.86. The van der Waals surface area contributed by atoms with Crippen LogP contribution in [0.5, 0.6) is 0 Å². The summed E-state index contributed by atoms with van der Waals surface area (Å²) in [5.74, 6) is 1.87.